The molecule has 0 fully saturated rings. The summed E-state index contributed by atoms with van der Waals surface area (Å²) in [6, 6.07) is 16.6. The first-order chi connectivity index (χ1) is 12.6. The number of fused-ring (bicyclic) bond motifs is 2. The molecule has 0 saturated carbocycles. The maximum absolute atomic E-state index is 12.5. The molecule has 1 atom stereocenters. The molecule has 1 amide bonds. The molecular formula is C21H20N2O3. The fraction of sp³-hybridized carbons (Fsp3) is 0.238. The van der Waals surface area contributed by atoms with Crippen molar-refractivity contribution < 1.29 is 9.90 Å². The molecule has 0 aliphatic heterocycles. The summed E-state index contributed by atoms with van der Waals surface area (Å²) >= 11 is 0. The van der Waals surface area contributed by atoms with Gasteiger partial charge in [-0.25, -0.2) is 0 Å². The van der Waals surface area contributed by atoms with Crippen molar-refractivity contribution in [1.82, 2.24) is 10.3 Å². The lowest BCUT2D eigenvalue weighted by Gasteiger charge is -2.34. The van der Waals surface area contributed by atoms with Gasteiger partial charge in [0.1, 0.15) is 11.3 Å². The van der Waals surface area contributed by atoms with Crippen LogP contribution in [0.3, 0.4) is 0 Å². The van der Waals surface area contributed by atoms with E-state index in [1.807, 2.05) is 30.3 Å². The Hall–Kier alpha value is -2.92. The topological polar surface area (TPSA) is 82.2 Å². The third kappa shape index (κ3) is 2.91. The summed E-state index contributed by atoms with van der Waals surface area (Å²) in [7, 11) is 0. The second kappa shape index (κ2) is 6.42. The van der Waals surface area contributed by atoms with Crippen molar-refractivity contribution in [3.05, 3.63) is 81.8 Å². The number of aliphatic hydroxyl groups is 1. The minimum atomic E-state index is -1.08. The number of carbonyl (C=O) groups is 1. The lowest BCUT2D eigenvalue weighted by molar-refractivity contribution is 0.0189. The van der Waals surface area contributed by atoms with Crippen molar-refractivity contribution in [2.45, 2.75) is 24.9 Å². The summed E-state index contributed by atoms with van der Waals surface area (Å²) in [6.45, 7) is 0.109. The first-order valence-electron chi connectivity index (χ1n) is 8.78. The van der Waals surface area contributed by atoms with Gasteiger partial charge in [0.15, 0.2) is 0 Å². The van der Waals surface area contributed by atoms with Crippen LogP contribution in [-0.4, -0.2) is 22.5 Å². The summed E-state index contributed by atoms with van der Waals surface area (Å²) < 4.78 is 0. The predicted molar refractivity (Wildman–Crippen MR) is 100 cm³/mol. The van der Waals surface area contributed by atoms with Gasteiger partial charge in [-0.2, -0.15) is 0 Å². The number of amides is 1. The van der Waals surface area contributed by atoms with Gasteiger partial charge >= 0.3 is 0 Å². The average molecular weight is 348 g/mol. The predicted octanol–water partition coefficient (Wildman–Crippen LogP) is 2.48. The van der Waals surface area contributed by atoms with E-state index in [9.17, 15) is 14.7 Å². The summed E-state index contributed by atoms with van der Waals surface area (Å²) in [5.41, 5.74) is 0.811. The Morgan fingerprint density at radius 1 is 1.15 bits per heavy atom. The second-order valence-corrected chi connectivity index (χ2v) is 6.82. The monoisotopic (exact) mass is 348 g/mol. The van der Waals surface area contributed by atoms with Gasteiger partial charge in [0.2, 0.25) is 0 Å². The molecule has 5 nitrogen and oxygen atoms in total. The van der Waals surface area contributed by atoms with Crippen LogP contribution in [0.15, 0.2) is 59.4 Å². The molecule has 2 aromatic carbocycles. The highest BCUT2D eigenvalue weighted by Crippen LogP contribution is 2.34. The normalized spacial score (nSPS) is 19.1. The molecule has 1 aliphatic carbocycles. The molecule has 4 rings (SSSR count). The van der Waals surface area contributed by atoms with Gasteiger partial charge in [-0.05, 0) is 47.9 Å². The van der Waals surface area contributed by atoms with E-state index in [4.69, 9.17) is 0 Å². The largest absolute Gasteiger partial charge is 0.383 e. The Bertz CT molecular complexity index is 1040. The lowest BCUT2D eigenvalue weighted by atomic mass is 9.79. The number of hydrogen-bond donors (Lipinski definition) is 3. The number of H-pyrrole nitrogens is 1. The highest BCUT2D eigenvalue weighted by molar-refractivity contribution is 5.96. The van der Waals surface area contributed by atoms with Crippen molar-refractivity contribution in [2.75, 3.05) is 6.54 Å². The molecule has 0 bridgehead atoms. The number of nitrogens with one attached hydrogen (secondary N) is 2. The van der Waals surface area contributed by atoms with Crippen LogP contribution in [0.25, 0.3) is 10.8 Å². The molecule has 1 aliphatic rings. The third-order valence-corrected chi connectivity index (χ3v) is 5.09. The molecule has 0 spiro atoms. The molecule has 1 unspecified atom stereocenters. The highest BCUT2D eigenvalue weighted by Gasteiger charge is 2.34. The zero-order valence-corrected chi connectivity index (χ0v) is 14.3. The summed E-state index contributed by atoms with van der Waals surface area (Å²) in [6.07, 6.45) is 2.40. The van der Waals surface area contributed by atoms with Gasteiger partial charge in [-0.3, -0.25) is 9.59 Å². The zero-order chi connectivity index (χ0) is 18.1. The zero-order valence-electron chi connectivity index (χ0n) is 14.3. The van der Waals surface area contributed by atoms with Gasteiger partial charge in [0.25, 0.3) is 11.5 Å². The van der Waals surface area contributed by atoms with E-state index in [1.54, 1.807) is 24.3 Å². The first-order valence-corrected chi connectivity index (χ1v) is 8.78. The maximum Gasteiger partial charge on any atom is 0.267 e. The molecule has 3 N–H and O–H groups in total. The van der Waals surface area contributed by atoms with Gasteiger partial charge in [-0.1, -0.05) is 42.5 Å². The molecule has 1 aromatic heterocycles. The van der Waals surface area contributed by atoms with Crippen molar-refractivity contribution >= 4 is 16.7 Å². The Morgan fingerprint density at radius 3 is 2.81 bits per heavy atom. The van der Waals surface area contributed by atoms with Crippen molar-refractivity contribution in [3.63, 3.8) is 0 Å². The van der Waals surface area contributed by atoms with E-state index >= 15 is 0 Å². The number of hydrogen-bond acceptors (Lipinski definition) is 3. The Kier molecular flexibility index (Phi) is 4.09. The molecule has 0 saturated heterocycles. The van der Waals surface area contributed by atoms with Crippen molar-refractivity contribution in [2.24, 2.45) is 0 Å². The fourth-order valence-electron chi connectivity index (χ4n) is 3.74. The minimum Gasteiger partial charge on any atom is -0.383 e. The number of aromatic nitrogens is 1. The van der Waals surface area contributed by atoms with E-state index in [2.05, 4.69) is 10.3 Å². The highest BCUT2D eigenvalue weighted by atomic mass is 16.3. The van der Waals surface area contributed by atoms with Crippen LogP contribution in [0.5, 0.6) is 0 Å². The molecular weight excluding hydrogens is 328 g/mol. The standard InChI is InChI=1S/C21H20N2O3/c24-19-16-9-3-1-7-15(16)12-18(23-19)20(25)22-13-21(26)11-5-8-14-6-2-4-10-17(14)21/h1-4,6-7,9-10,12,26H,5,8,11,13H2,(H,22,25)(H,23,24). The van der Waals surface area contributed by atoms with Gasteiger partial charge in [0, 0.05) is 5.39 Å². The number of carbonyl (C=O) groups excluding carboxylic acids is 1. The molecule has 1 heterocycles. The number of pyridine rings is 1. The van der Waals surface area contributed by atoms with Crippen LogP contribution < -0.4 is 10.9 Å². The maximum atomic E-state index is 12.5. The van der Waals surface area contributed by atoms with E-state index in [1.165, 1.54) is 0 Å². The minimum absolute atomic E-state index is 0.109. The Morgan fingerprint density at radius 2 is 1.92 bits per heavy atom. The summed E-state index contributed by atoms with van der Waals surface area (Å²) in [5.74, 6) is -0.399. The number of aromatic amines is 1. The summed E-state index contributed by atoms with van der Waals surface area (Å²) in [5, 5.41) is 15.1. The molecule has 26 heavy (non-hydrogen) atoms. The quantitative estimate of drug-likeness (QED) is 0.680. The van der Waals surface area contributed by atoms with Crippen LogP contribution in [0.2, 0.25) is 0 Å². The number of aryl methyl sites for hydroxylation is 1. The van der Waals surface area contributed by atoms with E-state index in [-0.39, 0.29) is 17.8 Å². The molecule has 132 valence electrons. The van der Waals surface area contributed by atoms with Crippen molar-refractivity contribution in [3.8, 4) is 0 Å². The van der Waals surface area contributed by atoms with Gasteiger partial charge < -0.3 is 15.4 Å². The number of rotatable bonds is 3. The second-order valence-electron chi connectivity index (χ2n) is 6.82. The smallest absolute Gasteiger partial charge is 0.267 e. The fourth-order valence-corrected chi connectivity index (χ4v) is 3.74. The Balaban J connectivity index is 1.57. The third-order valence-electron chi connectivity index (χ3n) is 5.09. The first kappa shape index (κ1) is 16.5. The van der Waals surface area contributed by atoms with Crippen molar-refractivity contribution in [1.29, 1.82) is 0 Å². The van der Waals surface area contributed by atoms with Crippen LogP contribution in [0, 0.1) is 0 Å². The van der Waals surface area contributed by atoms with Crippen LogP contribution in [0.4, 0.5) is 0 Å². The lowest BCUT2D eigenvalue weighted by Crippen LogP contribution is -2.43. The SMILES string of the molecule is O=C(NCC1(O)CCCc2ccccc21)c1cc2ccccc2c(=O)[nH]1. The van der Waals surface area contributed by atoms with Crippen LogP contribution >= 0.6 is 0 Å². The molecule has 0 radical (unpaired) electrons. The van der Waals surface area contributed by atoms with Crippen LogP contribution in [-0.2, 0) is 12.0 Å². The van der Waals surface area contributed by atoms with Gasteiger partial charge in [-0.15, -0.1) is 0 Å². The molecule has 3 aromatic rings. The average Bonchev–Trinajstić information content (AvgIpc) is 2.66. The van der Waals surface area contributed by atoms with E-state index in [0.29, 0.717) is 17.2 Å². The Labute approximate surface area is 150 Å². The summed E-state index contributed by atoms with van der Waals surface area (Å²) in [4.78, 5) is 27.3. The van der Waals surface area contributed by atoms with E-state index < -0.39 is 11.5 Å². The van der Waals surface area contributed by atoms with E-state index in [0.717, 1.165) is 24.0 Å². The molecule has 5 heteroatoms. The van der Waals surface area contributed by atoms with Crippen LogP contribution in [0.1, 0.15) is 34.5 Å². The number of benzene rings is 2. The van der Waals surface area contributed by atoms with Gasteiger partial charge in [0.05, 0.1) is 6.54 Å².